The van der Waals surface area contributed by atoms with Crippen LogP contribution in [0.5, 0.6) is 0 Å². The Bertz CT molecular complexity index is 112. The van der Waals surface area contributed by atoms with Crippen molar-refractivity contribution < 1.29 is 13.3 Å². The molecule has 0 aromatic rings. The molecule has 0 spiro atoms. The highest BCUT2D eigenvalue weighted by molar-refractivity contribution is 6.60. The minimum atomic E-state index is -2.27. The van der Waals surface area contributed by atoms with Crippen LogP contribution < -0.4 is 6.15 Å². The van der Waals surface area contributed by atoms with Crippen LogP contribution in [0.4, 0.5) is 0 Å². The number of unbranched alkanes of at least 4 members (excludes halogenated alkanes) is 3. The summed E-state index contributed by atoms with van der Waals surface area (Å²) in [6.45, 7) is 2.20. The van der Waals surface area contributed by atoms with Crippen LogP contribution in [0, 0.1) is 0 Å². The maximum atomic E-state index is 5.31. The van der Waals surface area contributed by atoms with Crippen LogP contribution >= 0.6 is 0 Å². The van der Waals surface area contributed by atoms with Gasteiger partial charge in [0.2, 0.25) is 0 Å². The monoisotopic (exact) mass is 223 g/mol. The van der Waals surface area contributed by atoms with Crippen LogP contribution in [0.3, 0.4) is 0 Å². The highest BCUT2D eigenvalue weighted by Gasteiger charge is 2.36. The van der Waals surface area contributed by atoms with Gasteiger partial charge in [-0.05, 0) is 6.42 Å². The van der Waals surface area contributed by atoms with E-state index in [1.165, 1.54) is 19.3 Å². The van der Waals surface area contributed by atoms with Crippen molar-refractivity contribution in [2.24, 2.45) is 0 Å². The maximum Gasteiger partial charge on any atom is 0.500 e. The zero-order valence-electron chi connectivity index (χ0n) is 9.97. The van der Waals surface area contributed by atoms with Crippen LogP contribution in [0.1, 0.15) is 32.6 Å². The minimum absolute atomic E-state index is 0. The molecule has 0 fully saturated rings. The fourth-order valence-electron chi connectivity index (χ4n) is 1.32. The summed E-state index contributed by atoms with van der Waals surface area (Å²) in [7, 11) is 2.73. The average molecular weight is 223 g/mol. The Morgan fingerprint density at radius 2 is 1.36 bits per heavy atom. The number of hydrogen-bond acceptors (Lipinski definition) is 4. The smallest absolute Gasteiger partial charge is 0.377 e. The molecule has 14 heavy (non-hydrogen) atoms. The first kappa shape index (κ1) is 16.5. The molecule has 0 aliphatic rings. The normalized spacial score (nSPS) is 11.1. The lowest BCUT2D eigenvalue weighted by atomic mass is 10.2. The Balaban J connectivity index is 0. The van der Waals surface area contributed by atoms with Crippen LogP contribution in [0.25, 0.3) is 0 Å². The molecule has 0 rings (SSSR count). The summed E-state index contributed by atoms with van der Waals surface area (Å²) in [5, 5.41) is 0. The third-order valence-electron chi connectivity index (χ3n) is 2.27. The summed E-state index contributed by atoms with van der Waals surface area (Å²) in [5.41, 5.74) is 0. The van der Waals surface area contributed by atoms with Crippen LogP contribution in [-0.2, 0) is 13.3 Å². The standard InChI is InChI=1S/C9H22O3Si.H3N/c1-5-6-7-8-9-13(10-2,11-3)12-4;/h5-9H2,1-4H3;1H3. The summed E-state index contributed by atoms with van der Waals surface area (Å²) in [6, 6.07) is 0.927. The SMILES string of the molecule is CCCCCC[Si](OC)(OC)OC.N. The van der Waals surface area contributed by atoms with E-state index < -0.39 is 8.80 Å². The summed E-state index contributed by atoms with van der Waals surface area (Å²) in [5.74, 6) is 0. The zero-order chi connectivity index (χ0) is 10.2. The highest BCUT2D eigenvalue weighted by Crippen LogP contribution is 2.17. The molecule has 3 N–H and O–H groups in total. The molecular weight excluding hydrogens is 198 g/mol. The van der Waals surface area contributed by atoms with E-state index in [0.717, 1.165) is 12.5 Å². The molecule has 0 amide bonds. The molecule has 0 unspecified atom stereocenters. The lowest BCUT2D eigenvalue weighted by Gasteiger charge is -2.24. The number of hydrogen-bond donors (Lipinski definition) is 1. The van der Waals surface area contributed by atoms with Crippen molar-refractivity contribution in [2.75, 3.05) is 21.3 Å². The molecule has 0 aromatic heterocycles. The predicted molar refractivity (Wildman–Crippen MR) is 60.8 cm³/mol. The largest absolute Gasteiger partial charge is 0.500 e. The van der Waals surface area contributed by atoms with Crippen molar-refractivity contribution in [2.45, 2.75) is 38.7 Å². The molecule has 0 saturated carbocycles. The van der Waals surface area contributed by atoms with Gasteiger partial charge in [-0.2, -0.15) is 0 Å². The summed E-state index contributed by atoms with van der Waals surface area (Å²) in [4.78, 5) is 0. The van der Waals surface area contributed by atoms with Gasteiger partial charge in [0.05, 0.1) is 0 Å². The van der Waals surface area contributed by atoms with E-state index in [-0.39, 0.29) is 6.15 Å². The van der Waals surface area contributed by atoms with Crippen molar-refractivity contribution in [1.29, 1.82) is 0 Å². The van der Waals surface area contributed by atoms with E-state index in [0.29, 0.717) is 0 Å². The molecule has 0 aromatic carbocycles. The van der Waals surface area contributed by atoms with E-state index in [9.17, 15) is 0 Å². The second-order valence-corrected chi connectivity index (χ2v) is 6.20. The highest BCUT2D eigenvalue weighted by atomic mass is 28.4. The fourth-order valence-corrected chi connectivity index (χ4v) is 3.12. The quantitative estimate of drug-likeness (QED) is 0.507. The topological polar surface area (TPSA) is 62.7 Å². The molecule has 0 aliphatic heterocycles. The van der Waals surface area contributed by atoms with Gasteiger partial charge < -0.3 is 19.4 Å². The van der Waals surface area contributed by atoms with Gasteiger partial charge in [0, 0.05) is 27.4 Å². The Hall–Kier alpha value is 0.0569. The molecule has 88 valence electrons. The van der Waals surface area contributed by atoms with Gasteiger partial charge in [0.1, 0.15) is 0 Å². The van der Waals surface area contributed by atoms with Gasteiger partial charge in [-0.25, -0.2) is 0 Å². The third-order valence-corrected chi connectivity index (χ3v) is 5.10. The summed E-state index contributed by atoms with van der Waals surface area (Å²) >= 11 is 0. The molecular formula is C9H25NO3Si. The first-order valence-electron chi connectivity index (χ1n) is 4.90. The van der Waals surface area contributed by atoms with Crippen molar-refractivity contribution in [3.63, 3.8) is 0 Å². The number of rotatable bonds is 8. The Morgan fingerprint density at radius 3 is 1.71 bits per heavy atom. The lowest BCUT2D eigenvalue weighted by molar-refractivity contribution is 0.122. The van der Waals surface area contributed by atoms with Crippen LogP contribution in [0.15, 0.2) is 0 Å². The molecule has 0 radical (unpaired) electrons. The van der Waals surface area contributed by atoms with E-state index >= 15 is 0 Å². The minimum Gasteiger partial charge on any atom is -0.377 e. The Labute approximate surface area is 88.9 Å². The summed E-state index contributed by atoms with van der Waals surface area (Å²) < 4.78 is 15.9. The van der Waals surface area contributed by atoms with E-state index in [2.05, 4.69) is 6.92 Å². The lowest BCUT2D eigenvalue weighted by Crippen LogP contribution is -2.42. The van der Waals surface area contributed by atoms with Crippen molar-refractivity contribution >= 4 is 8.80 Å². The average Bonchev–Trinajstić information content (AvgIpc) is 2.20. The first-order chi connectivity index (χ1) is 6.24. The molecule has 0 bridgehead atoms. The van der Waals surface area contributed by atoms with Gasteiger partial charge in [0.15, 0.2) is 0 Å². The molecule has 0 atom stereocenters. The van der Waals surface area contributed by atoms with Gasteiger partial charge in [-0.3, -0.25) is 0 Å². The van der Waals surface area contributed by atoms with Gasteiger partial charge in [-0.1, -0.05) is 26.2 Å². The summed E-state index contributed by atoms with van der Waals surface area (Å²) in [6.07, 6.45) is 4.90. The molecule has 0 aliphatic carbocycles. The van der Waals surface area contributed by atoms with Crippen LogP contribution in [0.2, 0.25) is 6.04 Å². The maximum absolute atomic E-state index is 5.31. The van der Waals surface area contributed by atoms with Gasteiger partial charge >= 0.3 is 8.80 Å². The van der Waals surface area contributed by atoms with E-state index in [4.69, 9.17) is 13.3 Å². The zero-order valence-corrected chi connectivity index (χ0v) is 11.0. The van der Waals surface area contributed by atoms with Crippen molar-refractivity contribution in [1.82, 2.24) is 6.15 Å². The molecule has 0 heterocycles. The van der Waals surface area contributed by atoms with E-state index in [1.54, 1.807) is 21.3 Å². The third kappa shape index (κ3) is 5.72. The van der Waals surface area contributed by atoms with Crippen molar-refractivity contribution in [3.05, 3.63) is 0 Å². The second-order valence-electron chi connectivity index (χ2n) is 3.11. The van der Waals surface area contributed by atoms with Gasteiger partial charge in [0.25, 0.3) is 0 Å². The Morgan fingerprint density at radius 1 is 0.857 bits per heavy atom. The molecule has 0 saturated heterocycles. The van der Waals surface area contributed by atoms with Gasteiger partial charge in [-0.15, -0.1) is 0 Å². The Kier molecular flexibility index (Phi) is 11.3. The molecule has 5 heteroatoms. The first-order valence-corrected chi connectivity index (χ1v) is 6.83. The second kappa shape index (κ2) is 9.61. The predicted octanol–water partition coefficient (Wildman–Crippen LogP) is 2.61. The van der Waals surface area contributed by atoms with Crippen LogP contribution in [-0.4, -0.2) is 30.1 Å². The van der Waals surface area contributed by atoms with E-state index in [1.807, 2.05) is 0 Å². The fraction of sp³-hybridized carbons (Fsp3) is 1.00. The van der Waals surface area contributed by atoms with Crippen molar-refractivity contribution in [3.8, 4) is 0 Å². The molecule has 4 nitrogen and oxygen atoms in total.